The molecule has 2 aromatic carbocycles. The number of ether oxygens (including phenoxy) is 3. The Morgan fingerprint density at radius 3 is 1.94 bits per heavy atom. The van der Waals surface area contributed by atoms with Gasteiger partial charge in [0.25, 0.3) is 11.8 Å². The lowest BCUT2D eigenvalue weighted by atomic mass is 10.3. The van der Waals surface area contributed by atoms with Gasteiger partial charge in [-0.15, -0.1) is 0 Å². The number of para-hydroxylation sites is 2. The number of hydrogen-bond donors (Lipinski definition) is 0. The summed E-state index contributed by atoms with van der Waals surface area (Å²) in [6.07, 6.45) is 0.702. The molecule has 1 fully saturated rings. The molecule has 0 atom stereocenters. The van der Waals surface area contributed by atoms with Crippen molar-refractivity contribution in [3.05, 3.63) is 53.6 Å². The van der Waals surface area contributed by atoms with E-state index in [0.717, 1.165) is 0 Å². The van der Waals surface area contributed by atoms with Gasteiger partial charge in [0.05, 0.1) is 6.61 Å². The fourth-order valence-corrected chi connectivity index (χ4v) is 3.38. The van der Waals surface area contributed by atoms with Gasteiger partial charge in [-0.05, 0) is 49.7 Å². The van der Waals surface area contributed by atoms with E-state index in [4.69, 9.17) is 25.8 Å². The van der Waals surface area contributed by atoms with Gasteiger partial charge in [-0.3, -0.25) is 9.59 Å². The van der Waals surface area contributed by atoms with Gasteiger partial charge < -0.3 is 24.0 Å². The first-order chi connectivity index (χ1) is 15.1. The third kappa shape index (κ3) is 6.79. The molecule has 0 aliphatic carbocycles. The summed E-state index contributed by atoms with van der Waals surface area (Å²) in [5.41, 5.74) is 0. The number of rotatable bonds is 8. The Morgan fingerprint density at radius 1 is 0.806 bits per heavy atom. The minimum atomic E-state index is -0.113. The smallest absolute Gasteiger partial charge is 0.260 e. The van der Waals surface area contributed by atoms with Crippen LogP contribution in [0.1, 0.15) is 13.3 Å². The molecule has 1 heterocycles. The van der Waals surface area contributed by atoms with Crippen molar-refractivity contribution in [3.63, 3.8) is 0 Å². The van der Waals surface area contributed by atoms with Crippen molar-refractivity contribution in [1.82, 2.24) is 9.80 Å². The number of halogens is 1. The van der Waals surface area contributed by atoms with Gasteiger partial charge in [-0.1, -0.05) is 23.7 Å². The van der Waals surface area contributed by atoms with E-state index in [1.807, 2.05) is 25.1 Å². The lowest BCUT2D eigenvalue weighted by Gasteiger charge is -2.22. The number of benzene rings is 2. The van der Waals surface area contributed by atoms with E-state index in [-0.39, 0.29) is 25.0 Å². The molecule has 8 heteroatoms. The van der Waals surface area contributed by atoms with Crippen molar-refractivity contribution in [2.24, 2.45) is 0 Å². The summed E-state index contributed by atoms with van der Waals surface area (Å²) in [7, 11) is 0. The lowest BCUT2D eigenvalue weighted by Crippen LogP contribution is -2.40. The maximum Gasteiger partial charge on any atom is 0.260 e. The summed E-state index contributed by atoms with van der Waals surface area (Å²) >= 11 is 5.85. The molecule has 2 amide bonds. The Labute approximate surface area is 187 Å². The van der Waals surface area contributed by atoms with Crippen LogP contribution in [0.4, 0.5) is 0 Å². The van der Waals surface area contributed by atoms with Crippen LogP contribution in [0, 0.1) is 0 Å². The molecule has 31 heavy (non-hydrogen) atoms. The van der Waals surface area contributed by atoms with Gasteiger partial charge in [0.1, 0.15) is 5.75 Å². The molecular formula is C23H27ClN2O5. The molecular weight excluding hydrogens is 420 g/mol. The minimum absolute atomic E-state index is 0.0487. The molecule has 0 saturated carbocycles. The van der Waals surface area contributed by atoms with Gasteiger partial charge in [0.2, 0.25) is 0 Å². The molecule has 166 valence electrons. The summed E-state index contributed by atoms with van der Waals surface area (Å²) < 4.78 is 16.8. The van der Waals surface area contributed by atoms with E-state index in [0.29, 0.717) is 61.5 Å². The highest BCUT2D eigenvalue weighted by atomic mass is 35.5. The first-order valence-electron chi connectivity index (χ1n) is 10.4. The zero-order valence-corrected chi connectivity index (χ0v) is 18.3. The molecule has 0 N–H and O–H groups in total. The number of carbonyl (C=O) groups excluding carboxylic acids is 2. The maximum absolute atomic E-state index is 12.6. The third-order valence-corrected chi connectivity index (χ3v) is 5.13. The third-order valence-electron chi connectivity index (χ3n) is 4.88. The molecule has 3 rings (SSSR count). The van der Waals surface area contributed by atoms with E-state index in [2.05, 4.69) is 0 Å². The largest absolute Gasteiger partial charge is 0.490 e. The molecule has 2 aromatic rings. The zero-order chi connectivity index (χ0) is 22.1. The molecule has 0 unspecified atom stereocenters. The van der Waals surface area contributed by atoms with Gasteiger partial charge in [0, 0.05) is 31.2 Å². The Kier molecular flexibility index (Phi) is 8.41. The van der Waals surface area contributed by atoms with E-state index < -0.39 is 0 Å². The van der Waals surface area contributed by atoms with Crippen LogP contribution < -0.4 is 14.2 Å². The van der Waals surface area contributed by atoms with Crippen LogP contribution in [0.15, 0.2) is 48.5 Å². The van der Waals surface area contributed by atoms with Crippen LogP contribution in [0.3, 0.4) is 0 Å². The first kappa shape index (κ1) is 22.7. The van der Waals surface area contributed by atoms with Crippen LogP contribution in [0.5, 0.6) is 17.2 Å². The standard InChI is InChI=1S/C23H27ClN2O5/c1-2-29-20-6-3-4-7-21(20)31-17-23(28)26-13-5-12-25(14-15-26)22(27)16-30-19-10-8-18(24)9-11-19/h3-4,6-11H,2,5,12-17H2,1H3. The van der Waals surface area contributed by atoms with Crippen molar-refractivity contribution in [1.29, 1.82) is 0 Å². The van der Waals surface area contributed by atoms with Crippen molar-refractivity contribution in [2.45, 2.75) is 13.3 Å². The molecule has 0 radical (unpaired) electrons. The number of hydrogen-bond acceptors (Lipinski definition) is 5. The highest BCUT2D eigenvalue weighted by Gasteiger charge is 2.23. The normalized spacial score (nSPS) is 14.0. The SMILES string of the molecule is CCOc1ccccc1OCC(=O)N1CCCN(C(=O)COc2ccc(Cl)cc2)CC1. The Balaban J connectivity index is 1.46. The van der Waals surface area contributed by atoms with Crippen molar-refractivity contribution >= 4 is 23.4 Å². The highest BCUT2D eigenvalue weighted by molar-refractivity contribution is 6.30. The number of amides is 2. The van der Waals surface area contributed by atoms with Crippen molar-refractivity contribution in [3.8, 4) is 17.2 Å². The average Bonchev–Trinajstić information content (AvgIpc) is 3.04. The van der Waals surface area contributed by atoms with Crippen LogP contribution in [0.2, 0.25) is 5.02 Å². The van der Waals surface area contributed by atoms with E-state index in [1.54, 1.807) is 40.1 Å². The summed E-state index contributed by atoms with van der Waals surface area (Å²) in [4.78, 5) is 28.6. The zero-order valence-electron chi connectivity index (χ0n) is 17.6. The van der Waals surface area contributed by atoms with Crippen LogP contribution >= 0.6 is 11.6 Å². The molecule has 0 bridgehead atoms. The number of nitrogens with zero attached hydrogens (tertiary/aromatic N) is 2. The monoisotopic (exact) mass is 446 g/mol. The molecule has 7 nitrogen and oxygen atoms in total. The molecule has 0 aromatic heterocycles. The first-order valence-corrected chi connectivity index (χ1v) is 10.7. The van der Waals surface area contributed by atoms with Gasteiger partial charge >= 0.3 is 0 Å². The Bertz CT molecular complexity index is 875. The predicted octanol–water partition coefficient (Wildman–Crippen LogP) is 3.26. The van der Waals surface area contributed by atoms with E-state index in [1.165, 1.54) is 0 Å². The van der Waals surface area contributed by atoms with Crippen molar-refractivity contribution < 1.29 is 23.8 Å². The van der Waals surface area contributed by atoms with Crippen LogP contribution in [-0.4, -0.2) is 67.6 Å². The maximum atomic E-state index is 12.6. The number of carbonyl (C=O) groups is 2. The van der Waals surface area contributed by atoms with Crippen molar-refractivity contribution in [2.75, 3.05) is 46.0 Å². The summed E-state index contributed by atoms with van der Waals surface area (Å²) in [6, 6.07) is 14.2. The fraction of sp³-hybridized carbons (Fsp3) is 0.391. The van der Waals surface area contributed by atoms with Crippen LogP contribution in [0.25, 0.3) is 0 Å². The molecule has 1 aliphatic rings. The Morgan fingerprint density at radius 2 is 1.35 bits per heavy atom. The Hall–Kier alpha value is -2.93. The fourth-order valence-electron chi connectivity index (χ4n) is 3.26. The summed E-state index contributed by atoms with van der Waals surface area (Å²) in [5.74, 6) is 1.54. The second-order valence-corrected chi connectivity index (χ2v) is 7.46. The minimum Gasteiger partial charge on any atom is -0.490 e. The summed E-state index contributed by atoms with van der Waals surface area (Å²) in [5, 5.41) is 0.612. The lowest BCUT2D eigenvalue weighted by molar-refractivity contribution is -0.135. The van der Waals surface area contributed by atoms with Gasteiger partial charge in [-0.2, -0.15) is 0 Å². The second kappa shape index (κ2) is 11.5. The van der Waals surface area contributed by atoms with E-state index in [9.17, 15) is 9.59 Å². The van der Waals surface area contributed by atoms with Gasteiger partial charge in [0.15, 0.2) is 24.7 Å². The van der Waals surface area contributed by atoms with Crippen LogP contribution in [-0.2, 0) is 9.59 Å². The summed E-state index contributed by atoms with van der Waals surface area (Å²) in [6.45, 7) is 4.38. The average molecular weight is 447 g/mol. The second-order valence-electron chi connectivity index (χ2n) is 7.03. The topological polar surface area (TPSA) is 68.3 Å². The predicted molar refractivity (Wildman–Crippen MR) is 118 cm³/mol. The van der Waals surface area contributed by atoms with E-state index >= 15 is 0 Å². The molecule has 1 aliphatic heterocycles. The molecule has 0 spiro atoms. The quantitative estimate of drug-likeness (QED) is 0.622. The van der Waals surface area contributed by atoms with Gasteiger partial charge in [-0.25, -0.2) is 0 Å². The highest BCUT2D eigenvalue weighted by Crippen LogP contribution is 2.26. The molecule has 1 saturated heterocycles.